The molecule has 0 spiro atoms. The van der Waals surface area contributed by atoms with Crippen LogP contribution in [0.2, 0.25) is 0 Å². The van der Waals surface area contributed by atoms with E-state index >= 15 is 0 Å². The molecular weight excluding hydrogens is 388 g/mol. The summed E-state index contributed by atoms with van der Waals surface area (Å²) in [6.45, 7) is 14.6. The monoisotopic (exact) mass is 418 g/mol. The highest BCUT2D eigenvalue weighted by atomic mass is 15.3. The lowest BCUT2D eigenvalue weighted by Crippen LogP contribution is -2.30. The number of hydrogen-bond acceptors (Lipinski definition) is 7. The Balaban J connectivity index is 1.27. The zero-order valence-electron chi connectivity index (χ0n) is 18.9. The van der Waals surface area contributed by atoms with Crippen molar-refractivity contribution < 1.29 is 0 Å². The Morgan fingerprint density at radius 3 is 2.00 bits per heavy atom. The molecule has 5 heterocycles. The lowest BCUT2D eigenvalue weighted by molar-refractivity contribution is 0.533. The fraction of sp³-hybridized carbons (Fsp3) is 0.522. The summed E-state index contributed by atoms with van der Waals surface area (Å²) in [5.74, 6) is 4.01. The average Bonchev–Trinajstić information content (AvgIpc) is 3.40. The van der Waals surface area contributed by atoms with Crippen molar-refractivity contribution in [2.75, 3.05) is 36.0 Å². The van der Waals surface area contributed by atoms with Gasteiger partial charge in [0, 0.05) is 55.2 Å². The minimum absolute atomic E-state index is 0.0251. The van der Waals surface area contributed by atoms with E-state index in [-0.39, 0.29) is 5.41 Å². The van der Waals surface area contributed by atoms with Crippen molar-refractivity contribution in [2.24, 2.45) is 11.8 Å². The van der Waals surface area contributed by atoms with E-state index in [2.05, 4.69) is 80.1 Å². The molecule has 3 aromatic heterocycles. The molecule has 2 saturated heterocycles. The van der Waals surface area contributed by atoms with Gasteiger partial charge in [-0.3, -0.25) is 0 Å². The number of rotatable bonds is 3. The number of aromatic nitrogens is 6. The Morgan fingerprint density at radius 1 is 0.806 bits per heavy atom. The van der Waals surface area contributed by atoms with Gasteiger partial charge in [-0.1, -0.05) is 20.8 Å². The van der Waals surface area contributed by atoms with Gasteiger partial charge < -0.3 is 9.80 Å². The van der Waals surface area contributed by atoms with Crippen LogP contribution in [0.3, 0.4) is 0 Å². The lowest BCUT2D eigenvalue weighted by atomic mass is 9.92. The fourth-order valence-corrected chi connectivity index (χ4v) is 4.75. The van der Waals surface area contributed by atoms with Crippen molar-refractivity contribution in [3.8, 4) is 5.82 Å². The maximum atomic E-state index is 4.56. The molecule has 2 aliphatic rings. The normalized spacial score (nSPS) is 21.1. The molecule has 3 aromatic rings. The SMILES string of the molecule is Cc1cc(C)n(-c2cc(N3CC4CN(c5ccc(C(C)(C)C)nn5)CC4C3)ncn2)n1. The first-order valence-electron chi connectivity index (χ1n) is 11.0. The highest BCUT2D eigenvalue weighted by Gasteiger charge is 2.41. The Bertz CT molecular complexity index is 1070. The van der Waals surface area contributed by atoms with Crippen molar-refractivity contribution in [3.05, 3.63) is 47.7 Å². The van der Waals surface area contributed by atoms with Crippen molar-refractivity contribution >= 4 is 11.6 Å². The van der Waals surface area contributed by atoms with Crippen LogP contribution < -0.4 is 9.80 Å². The van der Waals surface area contributed by atoms with Crippen LogP contribution in [0.1, 0.15) is 37.9 Å². The van der Waals surface area contributed by atoms with E-state index in [1.165, 1.54) is 0 Å². The van der Waals surface area contributed by atoms with Crippen molar-refractivity contribution in [1.29, 1.82) is 0 Å². The van der Waals surface area contributed by atoms with Gasteiger partial charge in [-0.25, -0.2) is 14.6 Å². The molecule has 162 valence electrons. The van der Waals surface area contributed by atoms with Gasteiger partial charge in [0.15, 0.2) is 11.6 Å². The van der Waals surface area contributed by atoms with Crippen molar-refractivity contribution in [2.45, 2.75) is 40.0 Å². The molecule has 0 amide bonds. The number of anilines is 2. The highest BCUT2D eigenvalue weighted by molar-refractivity contribution is 5.47. The molecule has 0 saturated carbocycles. The van der Waals surface area contributed by atoms with E-state index in [0.717, 1.165) is 60.7 Å². The first-order valence-corrected chi connectivity index (χ1v) is 11.0. The number of hydrogen-bond donors (Lipinski definition) is 0. The smallest absolute Gasteiger partial charge is 0.159 e. The summed E-state index contributed by atoms with van der Waals surface area (Å²) >= 11 is 0. The van der Waals surface area contributed by atoms with Crippen LogP contribution in [0.5, 0.6) is 0 Å². The van der Waals surface area contributed by atoms with Crippen LogP contribution in [0.4, 0.5) is 11.6 Å². The standard InChI is InChI=1S/C23H30N8/c1-15-8-16(2)31(28-15)22-9-21(24-14-25-22)30-12-17-10-29(11-18(17)13-30)20-7-6-19(26-27-20)23(3,4)5/h6-9,14,17-18H,10-13H2,1-5H3. The molecule has 0 N–H and O–H groups in total. The van der Waals surface area contributed by atoms with Gasteiger partial charge >= 0.3 is 0 Å². The Kier molecular flexibility index (Phi) is 4.68. The van der Waals surface area contributed by atoms with E-state index in [1.54, 1.807) is 6.33 Å². The first-order chi connectivity index (χ1) is 14.8. The van der Waals surface area contributed by atoms with Crippen LogP contribution in [-0.4, -0.2) is 56.1 Å². The number of aryl methyl sites for hydroxylation is 2. The van der Waals surface area contributed by atoms with Crippen LogP contribution in [0.15, 0.2) is 30.6 Å². The van der Waals surface area contributed by atoms with Gasteiger partial charge in [0.2, 0.25) is 0 Å². The summed E-state index contributed by atoms with van der Waals surface area (Å²) in [5, 5.41) is 13.5. The van der Waals surface area contributed by atoms with E-state index in [1.807, 2.05) is 18.5 Å². The second-order valence-corrected chi connectivity index (χ2v) is 9.93. The van der Waals surface area contributed by atoms with Gasteiger partial charge in [0.25, 0.3) is 0 Å². The zero-order chi connectivity index (χ0) is 21.8. The molecule has 31 heavy (non-hydrogen) atoms. The summed E-state index contributed by atoms with van der Waals surface area (Å²) < 4.78 is 1.89. The molecule has 5 rings (SSSR count). The summed E-state index contributed by atoms with van der Waals surface area (Å²) in [5.41, 5.74) is 3.13. The third kappa shape index (κ3) is 3.75. The zero-order valence-corrected chi connectivity index (χ0v) is 18.9. The number of nitrogens with zero attached hydrogens (tertiary/aromatic N) is 8. The topological polar surface area (TPSA) is 75.9 Å². The van der Waals surface area contributed by atoms with Crippen molar-refractivity contribution in [1.82, 2.24) is 29.9 Å². The minimum atomic E-state index is 0.0251. The van der Waals surface area contributed by atoms with Gasteiger partial charge in [-0.2, -0.15) is 10.2 Å². The Morgan fingerprint density at radius 2 is 1.45 bits per heavy atom. The lowest BCUT2D eigenvalue weighted by Gasteiger charge is -2.23. The maximum absolute atomic E-state index is 4.56. The fourth-order valence-electron chi connectivity index (χ4n) is 4.75. The number of fused-ring (bicyclic) bond motifs is 1. The molecule has 0 radical (unpaired) electrons. The summed E-state index contributed by atoms with van der Waals surface area (Å²) in [4.78, 5) is 13.8. The molecule has 2 aliphatic heterocycles. The predicted molar refractivity (Wildman–Crippen MR) is 121 cm³/mol. The van der Waals surface area contributed by atoms with Crippen LogP contribution in [0, 0.1) is 25.7 Å². The third-order valence-corrected chi connectivity index (χ3v) is 6.42. The van der Waals surface area contributed by atoms with Gasteiger partial charge in [0.1, 0.15) is 12.1 Å². The van der Waals surface area contributed by atoms with Gasteiger partial charge in [-0.15, -0.1) is 5.10 Å². The molecule has 0 bridgehead atoms. The summed E-state index contributed by atoms with van der Waals surface area (Å²) in [7, 11) is 0. The molecular formula is C23H30N8. The largest absolute Gasteiger partial charge is 0.356 e. The Hall–Kier alpha value is -3.03. The van der Waals surface area contributed by atoms with Crippen LogP contribution >= 0.6 is 0 Å². The van der Waals surface area contributed by atoms with Crippen LogP contribution in [-0.2, 0) is 5.41 Å². The molecule has 2 fully saturated rings. The molecule has 2 atom stereocenters. The van der Waals surface area contributed by atoms with E-state index < -0.39 is 0 Å². The second-order valence-electron chi connectivity index (χ2n) is 9.93. The van der Waals surface area contributed by atoms with E-state index in [4.69, 9.17) is 0 Å². The highest BCUT2D eigenvalue weighted by Crippen LogP contribution is 2.35. The van der Waals surface area contributed by atoms with E-state index in [9.17, 15) is 0 Å². The molecule has 8 heteroatoms. The van der Waals surface area contributed by atoms with Crippen molar-refractivity contribution in [3.63, 3.8) is 0 Å². The van der Waals surface area contributed by atoms with Gasteiger partial charge in [-0.05, 0) is 32.0 Å². The molecule has 2 unspecified atom stereocenters. The first kappa shape index (κ1) is 19.9. The minimum Gasteiger partial charge on any atom is -0.356 e. The molecule has 0 aliphatic carbocycles. The van der Waals surface area contributed by atoms with Gasteiger partial charge in [0.05, 0.1) is 11.4 Å². The maximum Gasteiger partial charge on any atom is 0.159 e. The Labute approximate surface area is 183 Å². The van der Waals surface area contributed by atoms with E-state index in [0.29, 0.717) is 11.8 Å². The quantitative estimate of drug-likeness (QED) is 0.647. The third-order valence-electron chi connectivity index (χ3n) is 6.42. The summed E-state index contributed by atoms with van der Waals surface area (Å²) in [6.07, 6.45) is 1.65. The second kappa shape index (κ2) is 7.28. The summed E-state index contributed by atoms with van der Waals surface area (Å²) in [6, 6.07) is 8.35. The molecule has 0 aromatic carbocycles. The molecule has 8 nitrogen and oxygen atoms in total. The predicted octanol–water partition coefficient (Wildman–Crippen LogP) is 2.94. The van der Waals surface area contributed by atoms with Crippen LogP contribution in [0.25, 0.3) is 5.82 Å². The average molecular weight is 419 g/mol.